The minimum absolute atomic E-state index is 0.0475. The van der Waals surface area contributed by atoms with E-state index in [4.69, 9.17) is 14.2 Å². The van der Waals surface area contributed by atoms with Crippen LogP contribution in [0.5, 0.6) is 11.5 Å². The number of benzene rings is 1. The molecule has 1 aromatic heterocycles. The first-order valence-corrected chi connectivity index (χ1v) is 9.66. The first-order chi connectivity index (χ1) is 14.4. The molecule has 0 amide bonds. The molecule has 0 spiro atoms. The molecule has 0 unspecified atom stereocenters. The first-order valence-electron chi connectivity index (χ1n) is 9.66. The van der Waals surface area contributed by atoms with Gasteiger partial charge in [-0.05, 0) is 12.5 Å². The Labute approximate surface area is 172 Å². The van der Waals surface area contributed by atoms with Crippen LogP contribution in [0.3, 0.4) is 0 Å². The fraction of sp³-hybridized carbons (Fsp3) is 0.381. The second-order valence-electron chi connectivity index (χ2n) is 7.17. The van der Waals surface area contributed by atoms with Crippen LogP contribution in [-0.2, 0) is 23.1 Å². The zero-order valence-electron chi connectivity index (χ0n) is 17.3. The molecular weight excluding hydrogens is 390 g/mol. The molecule has 9 heteroatoms. The van der Waals surface area contributed by atoms with Crippen molar-refractivity contribution in [3.05, 3.63) is 61.4 Å². The number of anilines is 1. The standard InChI is InChI=1S/C21H23N3O6/c1-5-9-24-18-16(19(25)23(2)21(24)27)14(15-12(22-18)10-30-20(15)26)11-7-6-8-13(28-3)17(11)29-4/h6-8,14,22H,5,9-10H2,1-4H3/t14-/m0/s1. The summed E-state index contributed by atoms with van der Waals surface area (Å²) in [5.41, 5.74) is 0.877. The maximum absolute atomic E-state index is 13.3. The molecule has 2 aliphatic heterocycles. The number of hydrogen-bond donors (Lipinski definition) is 1. The molecule has 30 heavy (non-hydrogen) atoms. The number of aromatic nitrogens is 2. The molecule has 0 aliphatic carbocycles. The van der Waals surface area contributed by atoms with Crippen molar-refractivity contribution in [1.29, 1.82) is 0 Å². The highest BCUT2D eigenvalue weighted by Crippen LogP contribution is 2.47. The fourth-order valence-electron chi connectivity index (χ4n) is 4.17. The third-order valence-corrected chi connectivity index (χ3v) is 5.51. The van der Waals surface area contributed by atoms with E-state index in [0.29, 0.717) is 52.7 Å². The summed E-state index contributed by atoms with van der Waals surface area (Å²) in [6, 6.07) is 5.29. The molecule has 0 saturated carbocycles. The highest BCUT2D eigenvalue weighted by atomic mass is 16.5. The summed E-state index contributed by atoms with van der Waals surface area (Å²) in [4.78, 5) is 38.7. The molecule has 0 fully saturated rings. The maximum Gasteiger partial charge on any atom is 0.337 e. The van der Waals surface area contributed by atoms with Crippen LogP contribution >= 0.6 is 0 Å². The van der Waals surface area contributed by atoms with Crippen molar-refractivity contribution in [3.8, 4) is 11.5 Å². The zero-order valence-corrected chi connectivity index (χ0v) is 17.3. The van der Waals surface area contributed by atoms with E-state index in [1.54, 1.807) is 18.2 Å². The maximum atomic E-state index is 13.3. The fourth-order valence-corrected chi connectivity index (χ4v) is 4.17. The number of esters is 1. The van der Waals surface area contributed by atoms with Crippen LogP contribution < -0.4 is 26.0 Å². The summed E-state index contributed by atoms with van der Waals surface area (Å²) in [7, 11) is 4.46. The molecule has 1 atom stereocenters. The Morgan fingerprint density at radius 2 is 1.97 bits per heavy atom. The predicted octanol–water partition coefficient (Wildman–Crippen LogP) is 1.34. The van der Waals surface area contributed by atoms with Crippen LogP contribution in [0.2, 0.25) is 0 Å². The molecule has 0 radical (unpaired) electrons. The largest absolute Gasteiger partial charge is 0.493 e. The van der Waals surface area contributed by atoms with E-state index < -0.39 is 23.1 Å². The third-order valence-electron chi connectivity index (χ3n) is 5.51. The number of carbonyl (C=O) groups is 1. The van der Waals surface area contributed by atoms with Gasteiger partial charge in [-0.3, -0.25) is 13.9 Å². The second-order valence-corrected chi connectivity index (χ2v) is 7.17. The number of ether oxygens (including phenoxy) is 3. The van der Waals surface area contributed by atoms with Gasteiger partial charge in [0.05, 0.1) is 37.0 Å². The highest BCUT2D eigenvalue weighted by Gasteiger charge is 2.43. The minimum atomic E-state index is -0.765. The van der Waals surface area contributed by atoms with E-state index in [1.165, 1.54) is 25.8 Å². The molecule has 1 aromatic carbocycles. The van der Waals surface area contributed by atoms with E-state index in [1.807, 2.05) is 6.92 Å². The van der Waals surface area contributed by atoms with Crippen molar-refractivity contribution >= 4 is 11.8 Å². The van der Waals surface area contributed by atoms with Gasteiger partial charge in [0.15, 0.2) is 11.5 Å². The number of nitrogens with one attached hydrogen (secondary N) is 1. The van der Waals surface area contributed by atoms with Crippen LogP contribution in [0.1, 0.15) is 30.4 Å². The van der Waals surface area contributed by atoms with Crippen LogP contribution in [-0.4, -0.2) is 35.9 Å². The molecule has 2 aromatic rings. The van der Waals surface area contributed by atoms with Gasteiger partial charge in [0.1, 0.15) is 12.4 Å². The van der Waals surface area contributed by atoms with Gasteiger partial charge < -0.3 is 19.5 Å². The lowest BCUT2D eigenvalue weighted by atomic mass is 9.82. The topological polar surface area (TPSA) is 101 Å². The zero-order chi connectivity index (χ0) is 21.6. The Bertz CT molecular complexity index is 1190. The number of fused-ring (bicyclic) bond motifs is 1. The van der Waals surface area contributed by atoms with Crippen molar-refractivity contribution in [2.24, 2.45) is 7.05 Å². The van der Waals surface area contributed by atoms with Crippen LogP contribution in [0.15, 0.2) is 39.1 Å². The molecule has 1 N–H and O–H groups in total. The highest BCUT2D eigenvalue weighted by molar-refractivity contribution is 5.97. The molecule has 0 bridgehead atoms. The molecule has 4 rings (SSSR count). The van der Waals surface area contributed by atoms with E-state index in [9.17, 15) is 14.4 Å². The number of hydrogen-bond acceptors (Lipinski definition) is 7. The number of para-hydroxylation sites is 1. The van der Waals surface area contributed by atoms with Gasteiger partial charge in [0, 0.05) is 19.2 Å². The summed E-state index contributed by atoms with van der Waals surface area (Å²) in [6.45, 7) is 2.41. The number of methoxy groups -OCH3 is 2. The smallest absolute Gasteiger partial charge is 0.337 e. The summed E-state index contributed by atoms with van der Waals surface area (Å²) < 4.78 is 18.9. The van der Waals surface area contributed by atoms with Gasteiger partial charge in [0.2, 0.25) is 0 Å². The monoisotopic (exact) mass is 413 g/mol. The lowest BCUT2D eigenvalue weighted by Crippen LogP contribution is -2.44. The van der Waals surface area contributed by atoms with Gasteiger partial charge in [0.25, 0.3) is 5.56 Å². The van der Waals surface area contributed by atoms with E-state index >= 15 is 0 Å². The van der Waals surface area contributed by atoms with Gasteiger partial charge in [-0.1, -0.05) is 19.1 Å². The van der Waals surface area contributed by atoms with Crippen molar-refractivity contribution in [3.63, 3.8) is 0 Å². The summed E-state index contributed by atoms with van der Waals surface area (Å²) in [5.74, 6) is 0.00546. The SMILES string of the molecule is CCCn1c2c(c(=O)n(C)c1=O)[C@@H](c1cccc(OC)c1OC)C1=C(COC1=O)N2. The van der Waals surface area contributed by atoms with Crippen molar-refractivity contribution in [2.75, 3.05) is 26.1 Å². The number of rotatable bonds is 5. The lowest BCUT2D eigenvalue weighted by molar-refractivity contribution is -0.136. The Morgan fingerprint density at radius 1 is 1.20 bits per heavy atom. The van der Waals surface area contributed by atoms with Crippen LogP contribution in [0, 0.1) is 0 Å². The lowest BCUT2D eigenvalue weighted by Gasteiger charge is -2.30. The third kappa shape index (κ3) is 2.72. The van der Waals surface area contributed by atoms with Crippen molar-refractivity contribution in [2.45, 2.75) is 25.8 Å². The molecule has 2 aliphatic rings. The van der Waals surface area contributed by atoms with Gasteiger partial charge in [-0.25, -0.2) is 9.59 Å². The Kier molecular flexibility index (Phi) is 4.89. The van der Waals surface area contributed by atoms with Gasteiger partial charge >= 0.3 is 11.7 Å². The molecule has 3 heterocycles. The minimum Gasteiger partial charge on any atom is -0.493 e. The molecular formula is C21H23N3O6. The van der Waals surface area contributed by atoms with E-state index in [2.05, 4.69) is 5.32 Å². The van der Waals surface area contributed by atoms with Gasteiger partial charge in [-0.15, -0.1) is 0 Å². The molecule has 0 saturated heterocycles. The Hall–Kier alpha value is -3.49. The van der Waals surface area contributed by atoms with E-state index in [0.717, 1.165) is 4.57 Å². The first kappa shape index (κ1) is 19.8. The van der Waals surface area contributed by atoms with Crippen LogP contribution in [0.25, 0.3) is 0 Å². The predicted molar refractivity (Wildman–Crippen MR) is 109 cm³/mol. The summed E-state index contributed by atoms with van der Waals surface area (Å²) in [5, 5.41) is 3.13. The number of carbonyl (C=O) groups excluding carboxylic acids is 1. The Morgan fingerprint density at radius 3 is 2.63 bits per heavy atom. The van der Waals surface area contributed by atoms with E-state index in [-0.39, 0.29) is 6.61 Å². The van der Waals surface area contributed by atoms with Crippen LogP contribution in [0.4, 0.5) is 5.82 Å². The summed E-state index contributed by atoms with van der Waals surface area (Å²) >= 11 is 0. The second kappa shape index (κ2) is 7.40. The van der Waals surface area contributed by atoms with Crippen molar-refractivity contribution < 1.29 is 19.0 Å². The normalized spacial score (nSPS) is 17.2. The molecule has 9 nitrogen and oxygen atoms in total. The average Bonchev–Trinajstić information content (AvgIpc) is 3.13. The molecule has 158 valence electrons. The Balaban J connectivity index is 2.11. The van der Waals surface area contributed by atoms with Gasteiger partial charge in [-0.2, -0.15) is 0 Å². The number of cyclic esters (lactones) is 1. The quantitative estimate of drug-likeness (QED) is 0.739. The summed E-state index contributed by atoms with van der Waals surface area (Å²) in [6.07, 6.45) is 0.695. The number of nitrogens with zero attached hydrogens (tertiary/aromatic N) is 2. The average molecular weight is 413 g/mol. The van der Waals surface area contributed by atoms with Crippen molar-refractivity contribution in [1.82, 2.24) is 9.13 Å².